The van der Waals surface area contributed by atoms with Crippen molar-refractivity contribution in [1.29, 1.82) is 0 Å². The van der Waals surface area contributed by atoms with Crippen LogP contribution >= 0.6 is 15.9 Å². The molecule has 0 saturated heterocycles. The Hall–Kier alpha value is -1.89. The summed E-state index contributed by atoms with van der Waals surface area (Å²) in [7, 11) is 0. The van der Waals surface area contributed by atoms with Crippen molar-refractivity contribution in [1.82, 2.24) is 5.32 Å². The highest BCUT2D eigenvalue weighted by molar-refractivity contribution is 9.10. The lowest BCUT2D eigenvalue weighted by atomic mass is 9.89. The highest BCUT2D eigenvalue weighted by atomic mass is 79.9. The number of imide groups is 1. The van der Waals surface area contributed by atoms with Crippen molar-refractivity contribution in [3.8, 4) is 0 Å². The Labute approximate surface area is 131 Å². The van der Waals surface area contributed by atoms with Crippen LogP contribution in [-0.4, -0.2) is 23.0 Å². The standard InChI is InChI=1S/C14H17BrN2O4/c1-8-6-9(15)4-5-10(8)16-13(21)17-11(18)7-14(2,3)12(19)20/h4-6H,7H2,1-3H3,(H,19,20)(H2,16,17,18,21). The number of amides is 3. The summed E-state index contributed by atoms with van der Waals surface area (Å²) in [6.45, 7) is 4.66. The number of carbonyl (C=O) groups excluding carboxylic acids is 2. The van der Waals surface area contributed by atoms with Gasteiger partial charge in [0.25, 0.3) is 0 Å². The van der Waals surface area contributed by atoms with Crippen LogP contribution in [0.3, 0.4) is 0 Å². The second-order valence-corrected chi connectivity index (χ2v) is 6.24. The van der Waals surface area contributed by atoms with Crippen molar-refractivity contribution in [2.24, 2.45) is 5.41 Å². The number of hydrogen-bond acceptors (Lipinski definition) is 3. The van der Waals surface area contributed by atoms with Crippen LogP contribution in [0.15, 0.2) is 22.7 Å². The van der Waals surface area contributed by atoms with E-state index >= 15 is 0 Å². The van der Waals surface area contributed by atoms with Gasteiger partial charge in [-0.2, -0.15) is 0 Å². The van der Waals surface area contributed by atoms with Crippen molar-refractivity contribution in [2.75, 3.05) is 5.32 Å². The van der Waals surface area contributed by atoms with Crippen LogP contribution in [0, 0.1) is 12.3 Å². The van der Waals surface area contributed by atoms with Gasteiger partial charge in [0, 0.05) is 16.6 Å². The zero-order valence-corrected chi connectivity index (χ0v) is 13.6. The molecule has 0 radical (unpaired) electrons. The summed E-state index contributed by atoms with van der Waals surface area (Å²) in [5, 5.41) is 13.6. The number of anilines is 1. The van der Waals surface area contributed by atoms with Crippen LogP contribution in [0.1, 0.15) is 25.8 Å². The molecule has 0 heterocycles. The van der Waals surface area contributed by atoms with Crippen LogP contribution in [0.5, 0.6) is 0 Å². The van der Waals surface area contributed by atoms with Gasteiger partial charge in [0.15, 0.2) is 0 Å². The first-order chi connectivity index (χ1) is 9.61. The summed E-state index contributed by atoms with van der Waals surface area (Å²) in [5.74, 6) is -1.74. The van der Waals surface area contributed by atoms with E-state index in [0.29, 0.717) is 5.69 Å². The van der Waals surface area contributed by atoms with E-state index in [1.54, 1.807) is 12.1 Å². The van der Waals surface area contributed by atoms with Gasteiger partial charge < -0.3 is 10.4 Å². The topological polar surface area (TPSA) is 95.5 Å². The first kappa shape index (κ1) is 17.2. The average molecular weight is 357 g/mol. The van der Waals surface area contributed by atoms with Crippen LogP contribution < -0.4 is 10.6 Å². The maximum absolute atomic E-state index is 11.7. The summed E-state index contributed by atoms with van der Waals surface area (Å²) < 4.78 is 0.880. The molecule has 6 nitrogen and oxygen atoms in total. The van der Waals surface area contributed by atoms with Gasteiger partial charge >= 0.3 is 12.0 Å². The summed E-state index contributed by atoms with van der Waals surface area (Å²) in [6, 6.07) is 4.60. The summed E-state index contributed by atoms with van der Waals surface area (Å²) in [5.41, 5.74) is 0.177. The van der Waals surface area contributed by atoms with Gasteiger partial charge in [-0.1, -0.05) is 15.9 Å². The number of nitrogens with one attached hydrogen (secondary N) is 2. The van der Waals surface area contributed by atoms with E-state index in [-0.39, 0.29) is 6.42 Å². The van der Waals surface area contributed by atoms with E-state index in [1.165, 1.54) is 13.8 Å². The lowest BCUT2D eigenvalue weighted by molar-refractivity contribution is -0.149. The quantitative estimate of drug-likeness (QED) is 0.772. The summed E-state index contributed by atoms with van der Waals surface area (Å²) >= 11 is 3.31. The van der Waals surface area contributed by atoms with Crippen molar-refractivity contribution in [2.45, 2.75) is 27.2 Å². The predicted molar refractivity (Wildman–Crippen MR) is 82.1 cm³/mol. The first-order valence-corrected chi connectivity index (χ1v) is 7.01. The monoisotopic (exact) mass is 356 g/mol. The molecule has 21 heavy (non-hydrogen) atoms. The number of carboxylic acid groups (broad SMARTS) is 1. The average Bonchev–Trinajstić information content (AvgIpc) is 2.31. The highest BCUT2D eigenvalue weighted by Crippen LogP contribution is 2.21. The van der Waals surface area contributed by atoms with Gasteiger partial charge in [-0.05, 0) is 44.5 Å². The molecule has 1 rings (SSSR count). The minimum Gasteiger partial charge on any atom is -0.481 e. The van der Waals surface area contributed by atoms with Crippen LogP contribution in [0.2, 0.25) is 0 Å². The number of halogens is 1. The Morgan fingerprint density at radius 2 is 1.90 bits per heavy atom. The largest absolute Gasteiger partial charge is 0.481 e. The number of urea groups is 1. The molecule has 1 aromatic rings. The van der Waals surface area contributed by atoms with E-state index in [9.17, 15) is 14.4 Å². The van der Waals surface area contributed by atoms with E-state index in [2.05, 4.69) is 26.6 Å². The molecule has 0 aliphatic carbocycles. The second-order valence-electron chi connectivity index (χ2n) is 5.33. The molecule has 3 amide bonds. The smallest absolute Gasteiger partial charge is 0.325 e. The summed E-state index contributed by atoms with van der Waals surface area (Å²) in [6.07, 6.45) is -0.283. The van der Waals surface area contributed by atoms with Crippen LogP contribution in [0.25, 0.3) is 0 Å². The van der Waals surface area contributed by atoms with Gasteiger partial charge in [-0.25, -0.2) is 4.79 Å². The number of carbonyl (C=O) groups is 3. The SMILES string of the molecule is Cc1cc(Br)ccc1NC(=O)NC(=O)CC(C)(C)C(=O)O. The zero-order chi connectivity index (χ0) is 16.2. The van der Waals surface area contributed by atoms with Gasteiger partial charge in [0.05, 0.1) is 5.41 Å². The van der Waals surface area contributed by atoms with Crippen molar-refractivity contribution in [3.05, 3.63) is 28.2 Å². The molecule has 3 N–H and O–H groups in total. The van der Waals surface area contributed by atoms with Crippen molar-refractivity contribution < 1.29 is 19.5 Å². The van der Waals surface area contributed by atoms with Gasteiger partial charge in [0.2, 0.25) is 5.91 Å². The van der Waals surface area contributed by atoms with Gasteiger partial charge in [0.1, 0.15) is 0 Å². The second kappa shape index (κ2) is 6.71. The number of carboxylic acids is 1. The first-order valence-electron chi connectivity index (χ1n) is 6.22. The Balaban J connectivity index is 2.61. The molecule has 0 aromatic heterocycles. The van der Waals surface area contributed by atoms with E-state index < -0.39 is 23.3 Å². The van der Waals surface area contributed by atoms with E-state index in [1.807, 2.05) is 13.0 Å². The molecule has 7 heteroatoms. The van der Waals surface area contributed by atoms with Crippen LogP contribution in [0.4, 0.5) is 10.5 Å². The third-order valence-electron chi connectivity index (χ3n) is 2.87. The van der Waals surface area contributed by atoms with Crippen LogP contribution in [-0.2, 0) is 9.59 Å². The van der Waals surface area contributed by atoms with Crippen molar-refractivity contribution in [3.63, 3.8) is 0 Å². The minimum atomic E-state index is -1.22. The molecule has 0 bridgehead atoms. The third kappa shape index (κ3) is 5.18. The molecule has 114 valence electrons. The predicted octanol–water partition coefficient (Wildman–Crippen LogP) is 2.91. The van der Waals surface area contributed by atoms with Crippen molar-refractivity contribution >= 4 is 39.5 Å². The molecular formula is C14H17BrN2O4. The normalized spacial score (nSPS) is 10.9. The molecule has 0 unspecified atom stereocenters. The molecule has 0 aliphatic rings. The Kier molecular flexibility index (Phi) is 5.48. The lowest BCUT2D eigenvalue weighted by Crippen LogP contribution is -2.38. The fourth-order valence-corrected chi connectivity index (χ4v) is 2.04. The highest BCUT2D eigenvalue weighted by Gasteiger charge is 2.30. The maximum atomic E-state index is 11.7. The van der Waals surface area contributed by atoms with E-state index in [4.69, 9.17) is 5.11 Å². The van der Waals surface area contributed by atoms with Gasteiger partial charge in [-0.15, -0.1) is 0 Å². The molecule has 0 aliphatic heterocycles. The Morgan fingerprint density at radius 3 is 2.43 bits per heavy atom. The number of aryl methyl sites for hydroxylation is 1. The molecular weight excluding hydrogens is 340 g/mol. The zero-order valence-electron chi connectivity index (χ0n) is 12.0. The minimum absolute atomic E-state index is 0.283. The fourth-order valence-electron chi connectivity index (χ4n) is 1.57. The lowest BCUT2D eigenvalue weighted by Gasteiger charge is -2.18. The number of aliphatic carboxylic acids is 1. The number of benzene rings is 1. The maximum Gasteiger partial charge on any atom is 0.325 e. The van der Waals surface area contributed by atoms with Gasteiger partial charge in [-0.3, -0.25) is 14.9 Å². The molecule has 0 atom stereocenters. The molecule has 0 spiro atoms. The number of hydrogen-bond donors (Lipinski definition) is 3. The fraction of sp³-hybridized carbons (Fsp3) is 0.357. The third-order valence-corrected chi connectivity index (χ3v) is 3.36. The Bertz CT molecular complexity index is 584. The molecule has 1 aromatic carbocycles. The molecule has 0 saturated carbocycles. The van der Waals surface area contributed by atoms with E-state index in [0.717, 1.165) is 10.0 Å². The Morgan fingerprint density at radius 1 is 1.29 bits per heavy atom. The number of rotatable bonds is 4. The summed E-state index contributed by atoms with van der Waals surface area (Å²) in [4.78, 5) is 34.3. The molecule has 0 fully saturated rings.